The molecule has 0 aliphatic rings. The first-order valence-electron chi connectivity index (χ1n) is 8.83. The minimum absolute atomic E-state index is 0.0860. The number of anilines is 2. The Morgan fingerprint density at radius 1 is 0.935 bits per heavy atom. The van der Waals surface area contributed by atoms with Crippen molar-refractivity contribution in [1.29, 1.82) is 0 Å². The highest BCUT2D eigenvalue weighted by atomic mass is 35.5. The van der Waals surface area contributed by atoms with Crippen molar-refractivity contribution in [3.05, 3.63) is 88.4 Å². The van der Waals surface area contributed by atoms with E-state index in [1.54, 1.807) is 31.2 Å². The van der Waals surface area contributed by atoms with Crippen LogP contribution in [-0.4, -0.2) is 14.3 Å². The van der Waals surface area contributed by atoms with E-state index in [4.69, 9.17) is 11.6 Å². The number of benzene rings is 3. The van der Waals surface area contributed by atoms with Crippen molar-refractivity contribution < 1.29 is 26.4 Å². The van der Waals surface area contributed by atoms with Crippen molar-refractivity contribution in [2.45, 2.75) is 18.0 Å². The van der Waals surface area contributed by atoms with E-state index in [-0.39, 0.29) is 21.2 Å². The van der Waals surface area contributed by atoms with E-state index in [2.05, 4.69) is 10.0 Å². The predicted molar refractivity (Wildman–Crippen MR) is 113 cm³/mol. The predicted octanol–water partition coefficient (Wildman–Crippen LogP) is 5.72. The van der Waals surface area contributed by atoms with Crippen molar-refractivity contribution in [3.8, 4) is 0 Å². The minimum Gasteiger partial charge on any atom is -0.322 e. The number of hydrogen-bond acceptors (Lipinski definition) is 3. The van der Waals surface area contributed by atoms with Crippen LogP contribution >= 0.6 is 11.6 Å². The maximum atomic E-state index is 12.9. The molecule has 1 amide bonds. The molecule has 162 valence electrons. The Hall–Kier alpha value is -3.04. The van der Waals surface area contributed by atoms with Gasteiger partial charge in [0.05, 0.1) is 10.6 Å². The smallest absolute Gasteiger partial charge is 0.322 e. The van der Waals surface area contributed by atoms with Crippen molar-refractivity contribution >= 4 is 38.9 Å². The SMILES string of the molecule is Cc1cccc(NS(=O)(=O)c2cc(C(=O)Nc3cccc(C(F)(F)F)c3)ccc2Cl)c1. The summed E-state index contributed by atoms with van der Waals surface area (Å²) in [4.78, 5) is 12.2. The monoisotopic (exact) mass is 468 g/mol. The first kappa shape index (κ1) is 22.6. The molecule has 0 unspecified atom stereocenters. The van der Waals surface area contributed by atoms with Gasteiger partial charge in [-0.05, 0) is 61.0 Å². The molecule has 0 aromatic heterocycles. The summed E-state index contributed by atoms with van der Waals surface area (Å²) in [6.45, 7) is 1.80. The van der Waals surface area contributed by atoms with Crippen LogP contribution in [0.2, 0.25) is 5.02 Å². The Balaban J connectivity index is 1.87. The summed E-state index contributed by atoms with van der Waals surface area (Å²) < 4.78 is 66.5. The van der Waals surface area contributed by atoms with E-state index in [0.29, 0.717) is 5.69 Å². The van der Waals surface area contributed by atoms with E-state index in [9.17, 15) is 26.4 Å². The Morgan fingerprint density at radius 2 is 1.61 bits per heavy atom. The molecule has 0 spiro atoms. The van der Waals surface area contributed by atoms with E-state index in [1.807, 2.05) is 0 Å². The van der Waals surface area contributed by atoms with Crippen molar-refractivity contribution in [2.75, 3.05) is 10.0 Å². The molecule has 2 N–H and O–H groups in total. The summed E-state index contributed by atoms with van der Waals surface area (Å²) in [6.07, 6.45) is -4.57. The van der Waals surface area contributed by atoms with Crippen LogP contribution in [0.4, 0.5) is 24.5 Å². The number of halogens is 4. The second-order valence-corrected chi connectivity index (χ2v) is 8.71. The van der Waals surface area contributed by atoms with Gasteiger partial charge in [0.25, 0.3) is 15.9 Å². The third-order valence-corrected chi connectivity index (χ3v) is 6.06. The highest BCUT2D eigenvalue weighted by molar-refractivity contribution is 7.92. The van der Waals surface area contributed by atoms with Gasteiger partial charge in [0.15, 0.2) is 0 Å². The molecule has 0 atom stereocenters. The van der Waals surface area contributed by atoms with Crippen LogP contribution in [0.15, 0.2) is 71.6 Å². The van der Waals surface area contributed by atoms with Gasteiger partial charge in [0.2, 0.25) is 0 Å². The summed E-state index contributed by atoms with van der Waals surface area (Å²) in [5, 5.41) is 2.21. The van der Waals surface area contributed by atoms with Crippen LogP contribution < -0.4 is 10.0 Å². The molecular weight excluding hydrogens is 453 g/mol. The fourth-order valence-electron chi connectivity index (χ4n) is 2.75. The normalized spacial score (nSPS) is 11.8. The molecule has 0 bridgehead atoms. The van der Waals surface area contributed by atoms with Crippen LogP contribution in [0, 0.1) is 6.92 Å². The first-order chi connectivity index (χ1) is 14.5. The summed E-state index contributed by atoms with van der Waals surface area (Å²) in [7, 11) is -4.13. The second-order valence-electron chi connectivity index (χ2n) is 6.65. The molecule has 3 rings (SSSR count). The quantitative estimate of drug-likeness (QED) is 0.503. The number of carbonyl (C=O) groups is 1. The van der Waals surface area contributed by atoms with Gasteiger partial charge in [0, 0.05) is 16.9 Å². The number of amides is 1. The molecule has 5 nitrogen and oxygen atoms in total. The lowest BCUT2D eigenvalue weighted by Crippen LogP contribution is -2.17. The standard InChI is InChI=1S/C21H16ClF3N2O3S/c1-13-4-2-7-17(10-13)27-31(29,30)19-11-14(8-9-18(19)22)20(28)26-16-6-3-5-15(12-16)21(23,24)25/h2-12,27H,1H3,(H,26,28). The number of aryl methyl sites for hydroxylation is 1. The van der Waals surface area contributed by atoms with Crippen molar-refractivity contribution in [1.82, 2.24) is 0 Å². The number of sulfonamides is 1. The largest absolute Gasteiger partial charge is 0.416 e. The third-order valence-electron chi connectivity index (χ3n) is 4.20. The molecule has 0 saturated carbocycles. The van der Waals surface area contributed by atoms with Gasteiger partial charge in [-0.15, -0.1) is 0 Å². The molecular formula is C21H16ClF3N2O3S. The summed E-state index contributed by atoms with van der Waals surface area (Å²) in [5.74, 6) is -0.789. The first-order valence-corrected chi connectivity index (χ1v) is 10.7. The van der Waals surface area contributed by atoms with Crippen LogP contribution in [-0.2, 0) is 16.2 Å². The van der Waals surface area contributed by atoms with Crippen molar-refractivity contribution in [3.63, 3.8) is 0 Å². The van der Waals surface area contributed by atoms with Gasteiger partial charge in [-0.1, -0.05) is 29.8 Å². The van der Waals surface area contributed by atoms with Gasteiger partial charge >= 0.3 is 6.18 Å². The van der Waals surface area contributed by atoms with Crippen LogP contribution in [0.5, 0.6) is 0 Å². The summed E-state index contributed by atoms with van der Waals surface area (Å²) >= 11 is 6.04. The molecule has 0 aliphatic heterocycles. The van der Waals surface area contributed by atoms with Crippen molar-refractivity contribution in [2.24, 2.45) is 0 Å². The van der Waals surface area contributed by atoms with E-state index in [1.165, 1.54) is 18.2 Å². The molecule has 0 aliphatic carbocycles. The van der Waals surface area contributed by atoms with Gasteiger partial charge in [-0.3, -0.25) is 9.52 Å². The Labute approximate surface area is 181 Å². The molecule has 0 heterocycles. The average Bonchev–Trinajstić information content (AvgIpc) is 2.67. The number of nitrogens with one attached hydrogen (secondary N) is 2. The molecule has 0 fully saturated rings. The van der Waals surface area contributed by atoms with E-state index >= 15 is 0 Å². The molecule has 31 heavy (non-hydrogen) atoms. The molecule has 0 radical (unpaired) electrons. The highest BCUT2D eigenvalue weighted by Crippen LogP contribution is 2.31. The third kappa shape index (κ3) is 5.56. The van der Waals surface area contributed by atoms with Crippen LogP contribution in [0.25, 0.3) is 0 Å². The molecule has 0 saturated heterocycles. The fourth-order valence-corrected chi connectivity index (χ4v) is 4.32. The maximum absolute atomic E-state index is 12.9. The number of carbonyl (C=O) groups excluding carboxylic acids is 1. The van der Waals surface area contributed by atoms with E-state index < -0.39 is 27.7 Å². The number of alkyl halides is 3. The zero-order valence-corrected chi connectivity index (χ0v) is 17.6. The molecule has 10 heteroatoms. The van der Waals surface area contributed by atoms with Gasteiger partial charge in [-0.25, -0.2) is 8.42 Å². The second kappa shape index (κ2) is 8.60. The minimum atomic E-state index is -4.57. The summed E-state index contributed by atoms with van der Waals surface area (Å²) in [5.41, 5.74) is 0.0472. The Kier molecular flexibility index (Phi) is 6.28. The highest BCUT2D eigenvalue weighted by Gasteiger charge is 2.30. The number of hydrogen-bond donors (Lipinski definition) is 2. The zero-order chi connectivity index (χ0) is 22.8. The van der Waals surface area contributed by atoms with Gasteiger partial charge in [-0.2, -0.15) is 13.2 Å². The summed E-state index contributed by atoms with van der Waals surface area (Å²) in [6, 6.07) is 14.3. The van der Waals surface area contributed by atoms with Crippen LogP contribution in [0.3, 0.4) is 0 Å². The number of rotatable bonds is 5. The lowest BCUT2D eigenvalue weighted by molar-refractivity contribution is -0.137. The average molecular weight is 469 g/mol. The van der Waals surface area contributed by atoms with Gasteiger partial charge in [0.1, 0.15) is 4.90 Å². The zero-order valence-electron chi connectivity index (χ0n) is 16.0. The lowest BCUT2D eigenvalue weighted by Gasteiger charge is -2.12. The molecule has 3 aromatic rings. The van der Waals surface area contributed by atoms with Crippen LogP contribution in [0.1, 0.15) is 21.5 Å². The molecule has 3 aromatic carbocycles. The Bertz CT molecular complexity index is 1240. The Morgan fingerprint density at radius 3 is 2.29 bits per heavy atom. The maximum Gasteiger partial charge on any atom is 0.416 e. The van der Waals surface area contributed by atoms with E-state index in [0.717, 1.165) is 29.8 Å². The van der Waals surface area contributed by atoms with Gasteiger partial charge < -0.3 is 5.32 Å². The topological polar surface area (TPSA) is 75.3 Å². The lowest BCUT2D eigenvalue weighted by atomic mass is 10.1. The fraction of sp³-hybridized carbons (Fsp3) is 0.0952.